The maximum Gasteiger partial charge on any atom is 0.314 e. The van der Waals surface area contributed by atoms with Crippen LogP contribution in [0.3, 0.4) is 0 Å². The largest absolute Gasteiger partial charge is 0.495 e. The van der Waals surface area contributed by atoms with Crippen molar-refractivity contribution in [2.24, 2.45) is 0 Å². The fourth-order valence-corrected chi connectivity index (χ4v) is 2.57. The molecule has 1 aliphatic rings. The molecule has 130 valence electrons. The van der Waals surface area contributed by atoms with Crippen molar-refractivity contribution >= 4 is 23.2 Å². The zero-order valence-electron chi connectivity index (χ0n) is 13.6. The summed E-state index contributed by atoms with van der Waals surface area (Å²) in [5.74, 6) is -1.37. The van der Waals surface area contributed by atoms with Crippen LogP contribution >= 0.6 is 0 Å². The lowest BCUT2D eigenvalue weighted by Gasteiger charge is -2.34. The quantitative estimate of drug-likeness (QED) is 0.504. The third kappa shape index (κ3) is 3.99. The van der Waals surface area contributed by atoms with Gasteiger partial charge in [-0.25, -0.2) is 0 Å². The minimum Gasteiger partial charge on any atom is -0.495 e. The second-order valence-electron chi connectivity index (χ2n) is 5.56. The molecule has 1 heterocycles. The number of non-ortho nitro benzene ring substituents is 1. The lowest BCUT2D eigenvalue weighted by atomic mass is 10.2. The second kappa shape index (κ2) is 7.26. The number of nitro benzene ring substituents is 1. The third-order valence-electron chi connectivity index (χ3n) is 3.54. The molecule has 9 heteroatoms. The first-order valence-corrected chi connectivity index (χ1v) is 7.40. The number of anilines is 1. The highest BCUT2D eigenvalue weighted by molar-refractivity contribution is 6.39. The van der Waals surface area contributed by atoms with E-state index in [4.69, 9.17) is 9.47 Å². The number of amides is 2. The van der Waals surface area contributed by atoms with Crippen LogP contribution in [0.1, 0.15) is 13.8 Å². The lowest BCUT2D eigenvalue weighted by Crippen LogP contribution is -2.51. The van der Waals surface area contributed by atoms with Gasteiger partial charge in [-0.15, -0.1) is 0 Å². The Morgan fingerprint density at radius 2 is 1.96 bits per heavy atom. The van der Waals surface area contributed by atoms with Gasteiger partial charge in [-0.3, -0.25) is 19.7 Å². The molecule has 1 saturated heterocycles. The Labute approximate surface area is 138 Å². The molecular formula is C15H19N3O6. The predicted octanol–water partition coefficient (Wildman–Crippen LogP) is 1.18. The Bertz CT molecular complexity index is 653. The van der Waals surface area contributed by atoms with Gasteiger partial charge in [-0.2, -0.15) is 0 Å². The van der Waals surface area contributed by atoms with Crippen LogP contribution in [-0.2, 0) is 14.3 Å². The monoisotopic (exact) mass is 337 g/mol. The van der Waals surface area contributed by atoms with E-state index in [1.165, 1.54) is 24.1 Å². The van der Waals surface area contributed by atoms with Gasteiger partial charge in [0.15, 0.2) is 0 Å². The lowest BCUT2D eigenvalue weighted by molar-refractivity contribution is -0.384. The molecule has 2 amide bonds. The molecule has 9 nitrogen and oxygen atoms in total. The summed E-state index contributed by atoms with van der Waals surface area (Å²) in [5, 5.41) is 13.2. The first-order chi connectivity index (χ1) is 11.3. The molecule has 2 unspecified atom stereocenters. The molecule has 0 spiro atoms. The van der Waals surface area contributed by atoms with Crippen molar-refractivity contribution in [1.82, 2.24) is 4.90 Å². The van der Waals surface area contributed by atoms with Gasteiger partial charge >= 0.3 is 11.8 Å². The molecule has 1 aromatic carbocycles. The van der Waals surface area contributed by atoms with Gasteiger partial charge < -0.3 is 19.7 Å². The summed E-state index contributed by atoms with van der Waals surface area (Å²) >= 11 is 0. The first-order valence-electron chi connectivity index (χ1n) is 7.40. The standard InChI is InChI=1S/C15H19N3O6/c1-9-7-17(8-10(2)24-9)15(20)14(19)16-12-6-11(18(21)22)4-5-13(12)23-3/h4-6,9-10H,7-8H2,1-3H3,(H,16,19). The van der Waals surface area contributed by atoms with Gasteiger partial charge in [0, 0.05) is 25.2 Å². The van der Waals surface area contributed by atoms with Gasteiger partial charge in [0.25, 0.3) is 5.69 Å². The molecule has 2 atom stereocenters. The molecule has 1 N–H and O–H groups in total. The second-order valence-corrected chi connectivity index (χ2v) is 5.56. The van der Waals surface area contributed by atoms with Gasteiger partial charge in [0.2, 0.25) is 0 Å². The molecule has 0 saturated carbocycles. The molecular weight excluding hydrogens is 318 g/mol. The van der Waals surface area contributed by atoms with Crippen molar-refractivity contribution in [2.45, 2.75) is 26.1 Å². The number of rotatable bonds is 3. The molecule has 2 rings (SSSR count). The van der Waals surface area contributed by atoms with E-state index >= 15 is 0 Å². The molecule has 1 fully saturated rings. The van der Waals surface area contributed by atoms with Crippen LogP contribution in [0, 0.1) is 10.1 Å². The Hall–Kier alpha value is -2.68. The number of nitrogens with one attached hydrogen (secondary N) is 1. The SMILES string of the molecule is COc1ccc([N+](=O)[O-])cc1NC(=O)C(=O)N1CC(C)OC(C)C1. The van der Waals surface area contributed by atoms with E-state index in [0.29, 0.717) is 13.1 Å². The van der Waals surface area contributed by atoms with Crippen molar-refractivity contribution in [1.29, 1.82) is 0 Å². The number of benzene rings is 1. The van der Waals surface area contributed by atoms with E-state index in [9.17, 15) is 19.7 Å². The Kier molecular flexibility index (Phi) is 5.35. The summed E-state index contributed by atoms with van der Waals surface area (Å²) in [5.41, 5.74) is -0.147. The summed E-state index contributed by atoms with van der Waals surface area (Å²) in [4.78, 5) is 36.2. The van der Waals surface area contributed by atoms with E-state index in [-0.39, 0.29) is 29.3 Å². The smallest absolute Gasteiger partial charge is 0.314 e. The Balaban J connectivity index is 2.15. The third-order valence-corrected chi connectivity index (χ3v) is 3.54. The van der Waals surface area contributed by atoms with Crippen LogP contribution in [0.15, 0.2) is 18.2 Å². The summed E-state index contributed by atoms with van der Waals surface area (Å²) in [6.45, 7) is 4.25. The summed E-state index contributed by atoms with van der Waals surface area (Å²) in [6, 6.07) is 3.76. The fourth-order valence-electron chi connectivity index (χ4n) is 2.57. The van der Waals surface area contributed by atoms with Crippen LogP contribution in [0.4, 0.5) is 11.4 Å². The summed E-state index contributed by atoms with van der Waals surface area (Å²) in [7, 11) is 1.37. The van der Waals surface area contributed by atoms with Crippen LogP contribution < -0.4 is 10.1 Å². The van der Waals surface area contributed by atoms with Crippen molar-refractivity contribution in [2.75, 3.05) is 25.5 Å². The minimum absolute atomic E-state index is 0.0689. The summed E-state index contributed by atoms with van der Waals surface area (Å²) < 4.78 is 10.6. The topological polar surface area (TPSA) is 111 Å². The maximum atomic E-state index is 12.3. The molecule has 0 radical (unpaired) electrons. The number of morpholine rings is 1. The van der Waals surface area contributed by atoms with Crippen molar-refractivity contribution in [3.05, 3.63) is 28.3 Å². The Morgan fingerprint density at radius 3 is 2.50 bits per heavy atom. The number of methoxy groups -OCH3 is 1. The zero-order valence-corrected chi connectivity index (χ0v) is 13.6. The fraction of sp³-hybridized carbons (Fsp3) is 0.467. The number of carbonyl (C=O) groups excluding carboxylic acids is 2. The van der Waals surface area contributed by atoms with Crippen LogP contribution in [-0.4, -0.2) is 54.0 Å². The zero-order chi connectivity index (χ0) is 17.9. The van der Waals surface area contributed by atoms with Gasteiger partial charge in [-0.1, -0.05) is 0 Å². The average Bonchev–Trinajstić information content (AvgIpc) is 2.52. The number of nitro groups is 1. The normalized spacial score (nSPS) is 20.4. The van der Waals surface area contributed by atoms with Crippen molar-refractivity contribution in [3.63, 3.8) is 0 Å². The van der Waals surface area contributed by atoms with Crippen molar-refractivity contribution in [3.8, 4) is 5.75 Å². The summed E-state index contributed by atoms with van der Waals surface area (Å²) in [6.07, 6.45) is -0.337. The predicted molar refractivity (Wildman–Crippen MR) is 84.9 cm³/mol. The number of hydrogen-bond donors (Lipinski definition) is 1. The maximum absolute atomic E-state index is 12.3. The molecule has 1 aliphatic heterocycles. The molecule has 1 aromatic rings. The highest BCUT2D eigenvalue weighted by Gasteiger charge is 2.30. The number of ether oxygens (including phenoxy) is 2. The van der Waals surface area contributed by atoms with E-state index < -0.39 is 16.7 Å². The molecule has 0 aliphatic carbocycles. The molecule has 0 aromatic heterocycles. The molecule has 0 bridgehead atoms. The van der Waals surface area contributed by atoms with Crippen LogP contribution in [0.25, 0.3) is 0 Å². The van der Waals surface area contributed by atoms with Crippen LogP contribution in [0.2, 0.25) is 0 Å². The first kappa shape index (κ1) is 17.7. The Morgan fingerprint density at radius 1 is 1.33 bits per heavy atom. The van der Waals surface area contributed by atoms with Crippen LogP contribution in [0.5, 0.6) is 5.75 Å². The van der Waals surface area contributed by atoms with Crippen molar-refractivity contribution < 1.29 is 24.0 Å². The van der Waals surface area contributed by atoms with E-state index in [2.05, 4.69) is 5.32 Å². The van der Waals surface area contributed by atoms with E-state index in [0.717, 1.165) is 6.07 Å². The highest BCUT2D eigenvalue weighted by atomic mass is 16.6. The van der Waals surface area contributed by atoms with E-state index in [1.54, 1.807) is 0 Å². The highest BCUT2D eigenvalue weighted by Crippen LogP contribution is 2.29. The molecule has 24 heavy (non-hydrogen) atoms. The number of carbonyl (C=O) groups is 2. The van der Waals surface area contributed by atoms with E-state index in [1.807, 2.05) is 13.8 Å². The minimum atomic E-state index is -0.880. The van der Waals surface area contributed by atoms with Gasteiger partial charge in [0.05, 0.1) is 29.9 Å². The van der Waals surface area contributed by atoms with Gasteiger partial charge in [-0.05, 0) is 19.9 Å². The van der Waals surface area contributed by atoms with Gasteiger partial charge in [0.1, 0.15) is 5.75 Å². The number of hydrogen-bond acceptors (Lipinski definition) is 6. The number of nitrogens with zero attached hydrogens (tertiary/aromatic N) is 2. The average molecular weight is 337 g/mol.